The number of halogens is 3. The lowest BCUT2D eigenvalue weighted by Gasteiger charge is -2.08. The summed E-state index contributed by atoms with van der Waals surface area (Å²) in [5, 5.41) is 0. The number of alkyl halides is 3. The largest absolute Gasteiger partial charge is 0.416 e. The van der Waals surface area contributed by atoms with Crippen LogP contribution < -0.4 is 5.56 Å². The molecule has 1 aromatic heterocycles. The summed E-state index contributed by atoms with van der Waals surface area (Å²) in [4.78, 5) is 11.2. The Kier molecular flexibility index (Phi) is 1.90. The second-order valence-corrected chi connectivity index (χ2v) is 3.33. The number of hydrogen-bond donors (Lipinski definition) is 0. The Morgan fingerprint density at radius 1 is 1.29 bits per heavy atom. The van der Waals surface area contributed by atoms with Gasteiger partial charge in [-0.25, -0.2) is 0 Å². The first-order valence-corrected chi connectivity index (χ1v) is 4.29. The standard InChI is InChI=1S/C9H8F3NO/c10-9(11,12)6-4-7-2-1-3-13(7)8(14)5-6/h4-5H,1-3H2. The molecule has 0 saturated carbocycles. The van der Waals surface area contributed by atoms with Crippen LogP contribution in [-0.4, -0.2) is 4.57 Å². The smallest absolute Gasteiger partial charge is 0.313 e. The highest BCUT2D eigenvalue weighted by Gasteiger charge is 2.32. The molecular formula is C9H8F3NO. The predicted molar refractivity (Wildman–Crippen MR) is 44.0 cm³/mol. The Balaban J connectivity index is 2.58. The first-order chi connectivity index (χ1) is 6.48. The van der Waals surface area contributed by atoms with E-state index in [1.54, 1.807) is 0 Å². The second-order valence-electron chi connectivity index (χ2n) is 3.33. The van der Waals surface area contributed by atoms with Crippen molar-refractivity contribution < 1.29 is 13.2 Å². The molecule has 1 aliphatic heterocycles. The van der Waals surface area contributed by atoms with Gasteiger partial charge in [-0.3, -0.25) is 4.79 Å². The first kappa shape index (κ1) is 9.30. The van der Waals surface area contributed by atoms with E-state index in [9.17, 15) is 18.0 Å². The van der Waals surface area contributed by atoms with E-state index in [1.807, 2.05) is 0 Å². The minimum atomic E-state index is -4.42. The van der Waals surface area contributed by atoms with Gasteiger partial charge in [0.1, 0.15) is 0 Å². The maximum atomic E-state index is 12.3. The van der Waals surface area contributed by atoms with Gasteiger partial charge < -0.3 is 4.57 Å². The van der Waals surface area contributed by atoms with Crippen LogP contribution in [0.25, 0.3) is 0 Å². The summed E-state index contributed by atoms with van der Waals surface area (Å²) in [5.74, 6) is 0. The fraction of sp³-hybridized carbons (Fsp3) is 0.444. The first-order valence-electron chi connectivity index (χ1n) is 4.29. The average molecular weight is 203 g/mol. The molecule has 1 aliphatic rings. The molecule has 2 heterocycles. The van der Waals surface area contributed by atoms with Crippen LogP contribution in [0.2, 0.25) is 0 Å². The third-order valence-corrected chi connectivity index (χ3v) is 2.36. The van der Waals surface area contributed by atoms with Crippen molar-refractivity contribution in [2.45, 2.75) is 25.6 Å². The normalized spacial score (nSPS) is 15.6. The highest BCUT2D eigenvalue weighted by atomic mass is 19.4. The molecule has 1 aromatic rings. The molecular weight excluding hydrogens is 195 g/mol. The summed E-state index contributed by atoms with van der Waals surface area (Å²) < 4.78 is 38.3. The number of aryl methyl sites for hydroxylation is 1. The van der Waals surface area contributed by atoms with Gasteiger partial charge in [-0.1, -0.05) is 0 Å². The molecule has 0 bridgehead atoms. The number of nitrogens with zero attached hydrogens (tertiary/aromatic N) is 1. The van der Waals surface area contributed by atoms with Crippen LogP contribution in [0, 0.1) is 0 Å². The van der Waals surface area contributed by atoms with Crippen molar-refractivity contribution in [2.75, 3.05) is 0 Å². The molecule has 0 aromatic carbocycles. The predicted octanol–water partition coefficient (Wildman–Crippen LogP) is 1.81. The molecule has 2 rings (SSSR count). The molecule has 0 saturated heterocycles. The van der Waals surface area contributed by atoms with E-state index in [2.05, 4.69) is 0 Å². The van der Waals surface area contributed by atoms with Gasteiger partial charge in [-0.15, -0.1) is 0 Å². The number of fused-ring (bicyclic) bond motifs is 1. The van der Waals surface area contributed by atoms with E-state index in [4.69, 9.17) is 0 Å². The molecule has 0 atom stereocenters. The summed E-state index contributed by atoms with van der Waals surface area (Å²) >= 11 is 0. The van der Waals surface area contributed by atoms with Crippen molar-refractivity contribution in [1.82, 2.24) is 4.57 Å². The van der Waals surface area contributed by atoms with E-state index < -0.39 is 17.3 Å². The molecule has 0 radical (unpaired) electrons. The Morgan fingerprint density at radius 2 is 2.00 bits per heavy atom. The van der Waals surface area contributed by atoms with Crippen LogP contribution in [0.5, 0.6) is 0 Å². The van der Waals surface area contributed by atoms with Crippen molar-refractivity contribution in [3.63, 3.8) is 0 Å². The van der Waals surface area contributed by atoms with Gasteiger partial charge in [0, 0.05) is 18.3 Å². The SMILES string of the molecule is O=c1cc(C(F)(F)F)cc2n1CCC2. The maximum Gasteiger partial charge on any atom is 0.416 e. The van der Waals surface area contributed by atoms with Crippen LogP contribution in [0.1, 0.15) is 17.7 Å². The van der Waals surface area contributed by atoms with Gasteiger partial charge in [0.25, 0.3) is 5.56 Å². The zero-order valence-electron chi connectivity index (χ0n) is 7.27. The van der Waals surface area contributed by atoms with Gasteiger partial charge in [-0.05, 0) is 18.9 Å². The molecule has 0 aliphatic carbocycles. The number of rotatable bonds is 0. The Bertz CT molecular complexity index is 419. The second kappa shape index (κ2) is 2.87. The molecule has 0 spiro atoms. The topological polar surface area (TPSA) is 22.0 Å². The minimum Gasteiger partial charge on any atom is -0.313 e. The molecule has 0 N–H and O–H groups in total. The van der Waals surface area contributed by atoms with Crippen LogP contribution in [-0.2, 0) is 19.1 Å². The van der Waals surface area contributed by atoms with E-state index >= 15 is 0 Å². The Labute approximate surface area is 78.0 Å². The van der Waals surface area contributed by atoms with E-state index in [1.165, 1.54) is 4.57 Å². The van der Waals surface area contributed by atoms with Gasteiger partial charge in [0.2, 0.25) is 0 Å². The quantitative estimate of drug-likeness (QED) is 0.630. The van der Waals surface area contributed by atoms with Gasteiger partial charge >= 0.3 is 6.18 Å². The summed E-state index contributed by atoms with van der Waals surface area (Å²) in [6, 6.07) is 1.73. The highest BCUT2D eigenvalue weighted by Crippen LogP contribution is 2.29. The summed E-state index contributed by atoms with van der Waals surface area (Å²) in [7, 11) is 0. The van der Waals surface area contributed by atoms with Crippen LogP contribution in [0.3, 0.4) is 0 Å². The number of aromatic nitrogens is 1. The summed E-state index contributed by atoms with van der Waals surface area (Å²) in [5.41, 5.74) is -0.896. The van der Waals surface area contributed by atoms with Gasteiger partial charge in [0.05, 0.1) is 5.56 Å². The number of pyridine rings is 1. The zero-order chi connectivity index (χ0) is 10.3. The Hall–Kier alpha value is -1.26. The molecule has 0 fully saturated rings. The zero-order valence-corrected chi connectivity index (χ0v) is 7.27. The Morgan fingerprint density at radius 3 is 2.64 bits per heavy atom. The van der Waals surface area contributed by atoms with E-state index in [0.29, 0.717) is 24.7 Å². The monoisotopic (exact) mass is 203 g/mol. The van der Waals surface area contributed by atoms with Crippen molar-refractivity contribution >= 4 is 0 Å². The number of hydrogen-bond acceptors (Lipinski definition) is 1. The van der Waals surface area contributed by atoms with Crippen molar-refractivity contribution in [3.8, 4) is 0 Å². The molecule has 0 unspecified atom stereocenters. The fourth-order valence-corrected chi connectivity index (χ4v) is 1.69. The highest BCUT2D eigenvalue weighted by molar-refractivity contribution is 5.22. The molecule has 2 nitrogen and oxygen atoms in total. The molecule has 14 heavy (non-hydrogen) atoms. The average Bonchev–Trinajstić information content (AvgIpc) is 2.50. The molecule has 5 heteroatoms. The lowest BCUT2D eigenvalue weighted by molar-refractivity contribution is -0.137. The van der Waals surface area contributed by atoms with Crippen molar-refractivity contribution in [3.05, 3.63) is 33.7 Å². The summed E-state index contributed by atoms with van der Waals surface area (Å²) in [6.45, 7) is 0.534. The van der Waals surface area contributed by atoms with Gasteiger partial charge in [-0.2, -0.15) is 13.2 Å². The van der Waals surface area contributed by atoms with Gasteiger partial charge in [0.15, 0.2) is 0 Å². The van der Waals surface area contributed by atoms with E-state index in [0.717, 1.165) is 12.5 Å². The van der Waals surface area contributed by atoms with Crippen LogP contribution in [0.4, 0.5) is 13.2 Å². The van der Waals surface area contributed by atoms with Crippen LogP contribution in [0.15, 0.2) is 16.9 Å². The minimum absolute atomic E-state index is 0.491. The van der Waals surface area contributed by atoms with Crippen molar-refractivity contribution in [2.24, 2.45) is 0 Å². The van der Waals surface area contributed by atoms with E-state index in [-0.39, 0.29) is 0 Å². The maximum absolute atomic E-state index is 12.3. The third kappa shape index (κ3) is 1.42. The fourth-order valence-electron chi connectivity index (χ4n) is 1.69. The lowest BCUT2D eigenvalue weighted by Crippen LogP contribution is -2.21. The van der Waals surface area contributed by atoms with Crippen LogP contribution >= 0.6 is 0 Å². The van der Waals surface area contributed by atoms with Crippen molar-refractivity contribution in [1.29, 1.82) is 0 Å². The molecule has 0 amide bonds. The lowest BCUT2D eigenvalue weighted by atomic mass is 10.2. The molecule has 76 valence electrons. The summed E-state index contributed by atoms with van der Waals surface area (Å²) in [6.07, 6.45) is -3.12. The third-order valence-electron chi connectivity index (χ3n) is 2.36.